The molecule has 0 atom stereocenters. The van der Waals surface area contributed by atoms with Crippen molar-refractivity contribution in [1.29, 1.82) is 0 Å². The summed E-state index contributed by atoms with van der Waals surface area (Å²) in [4.78, 5) is 14.7. The van der Waals surface area contributed by atoms with Crippen LogP contribution >= 0.6 is 0 Å². The summed E-state index contributed by atoms with van der Waals surface area (Å²) in [7, 11) is -3.49. The predicted octanol–water partition coefficient (Wildman–Crippen LogP) is 5.99. The lowest BCUT2D eigenvalue weighted by Gasteiger charge is -2.51. The van der Waals surface area contributed by atoms with E-state index >= 15 is 0 Å². The Morgan fingerprint density at radius 2 is 1.50 bits per heavy atom. The molecule has 1 aromatic rings. The van der Waals surface area contributed by atoms with E-state index in [-0.39, 0.29) is 69.4 Å². The number of hydrogen-bond acceptors (Lipinski definition) is 4. The molecule has 0 aromatic heterocycles. The van der Waals surface area contributed by atoms with Gasteiger partial charge in [0.2, 0.25) is 15.9 Å². The van der Waals surface area contributed by atoms with Crippen molar-refractivity contribution >= 4 is 15.8 Å². The first-order valence-electron chi connectivity index (χ1n) is 12.3. The second kappa shape index (κ2) is 11.0. The van der Waals surface area contributed by atoms with Gasteiger partial charge in [0.15, 0.2) is 5.78 Å². The minimum Gasteiger partial charge on any atom is -0.295 e. The SMILES string of the molecule is CCCS(=O)(=O)N1CCN(C2(CCC(=O)c3cc(C(F)(F)F)ccc3C(F)(F)F)CCC(F)(F)CC2)CC1. The van der Waals surface area contributed by atoms with Gasteiger partial charge in [0.25, 0.3) is 0 Å². The van der Waals surface area contributed by atoms with Crippen molar-refractivity contribution in [1.82, 2.24) is 9.21 Å². The summed E-state index contributed by atoms with van der Waals surface area (Å²) in [6.07, 6.45) is -11.5. The zero-order valence-corrected chi connectivity index (χ0v) is 21.6. The third kappa shape index (κ3) is 7.04. The van der Waals surface area contributed by atoms with Crippen LogP contribution in [0, 0.1) is 0 Å². The molecule has 1 aliphatic carbocycles. The molecule has 5 nitrogen and oxygen atoms in total. The van der Waals surface area contributed by atoms with E-state index in [0.29, 0.717) is 6.42 Å². The predicted molar refractivity (Wildman–Crippen MR) is 123 cm³/mol. The van der Waals surface area contributed by atoms with Gasteiger partial charge in [0.1, 0.15) is 0 Å². The summed E-state index contributed by atoms with van der Waals surface area (Å²) in [6, 6.07) is 0.670. The van der Waals surface area contributed by atoms with Crippen molar-refractivity contribution in [3.63, 3.8) is 0 Å². The molecular weight excluding hydrogens is 548 g/mol. The molecule has 1 aromatic carbocycles. The van der Waals surface area contributed by atoms with Crippen LogP contribution in [0.5, 0.6) is 0 Å². The van der Waals surface area contributed by atoms with Crippen LogP contribution in [-0.4, -0.2) is 66.8 Å². The number of piperazine rings is 1. The van der Waals surface area contributed by atoms with Crippen molar-refractivity contribution in [2.75, 3.05) is 31.9 Å². The Morgan fingerprint density at radius 3 is 2.00 bits per heavy atom. The largest absolute Gasteiger partial charge is 0.417 e. The van der Waals surface area contributed by atoms with E-state index in [1.54, 1.807) is 6.92 Å². The van der Waals surface area contributed by atoms with E-state index in [1.165, 1.54) is 4.31 Å². The van der Waals surface area contributed by atoms with Gasteiger partial charge in [0.05, 0.1) is 16.9 Å². The molecule has 0 radical (unpaired) electrons. The van der Waals surface area contributed by atoms with Crippen LogP contribution in [0.15, 0.2) is 18.2 Å². The van der Waals surface area contributed by atoms with Crippen LogP contribution in [0.4, 0.5) is 35.1 Å². The highest BCUT2D eigenvalue weighted by Crippen LogP contribution is 2.45. The number of ketones is 1. The van der Waals surface area contributed by atoms with Gasteiger partial charge >= 0.3 is 12.4 Å². The van der Waals surface area contributed by atoms with E-state index in [2.05, 4.69) is 0 Å². The first-order chi connectivity index (χ1) is 17.4. The van der Waals surface area contributed by atoms with E-state index in [9.17, 15) is 48.3 Å². The van der Waals surface area contributed by atoms with Crippen LogP contribution in [0.2, 0.25) is 0 Å². The number of carbonyl (C=O) groups excluding carboxylic acids is 1. The monoisotopic (exact) mass is 578 g/mol. The fourth-order valence-electron chi connectivity index (χ4n) is 5.31. The molecule has 0 amide bonds. The third-order valence-electron chi connectivity index (χ3n) is 7.45. The van der Waals surface area contributed by atoms with Gasteiger partial charge in [-0.05, 0) is 43.9 Å². The highest BCUT2D eigenvalue weighted by molar-refractivity contribution is 7.89. The van der Waals surface area contributed by atoms with Gasteiger partial charge in [-0.1, -0.05) is 6.92 Å². The molecule has 1 saturated carbocycles. The summed E-state index contributed by atoms with van der Waals surface area (Å²) >= 11 is 0. The fraction of sp³-hybridized carbons (Fsp3) is 0.708. The molecule has 14 heteroatoms. The lowest BCUT2D eigenvalue weighted by atomic mass is 9.74. The van der Waals surface area contributed by atoms with Crippen molar-refractivity contribution in [2.45, 2.75) is 75.7 Å². The molecule has 1 heterocycles. The number of Topliss-reactive ketones (excluding diaryl/α,β-unsaturated/α-hetero) is 1. The van der Waals surface area contributed by atoms with Crippen molar-refractivity contribution < 1.29 is 48.3 Å². The molecule has 0 bridgehead atoms. The number of benzene rings is 1. The quantitative estimate of drug-likeness (QED) is 0.281. The van der Waals surface area contributed by atoms with Crippen LogP contribution in [0.25, 0.3) is 0 Å². The standard InChI is InChI=1S/C24H30F8N2O3S/c1-2-15-38(36,37)34-13-11-33(12-14-34)21(7-9-22(25,26)10-8-21)6-5-20(35)18-16-17(23(27,28)29)3-4-19(18)24(30,31)32/h3-4,16H,2,5-15H2,1H3. The number of hydrogen-bond donors (Lipinski definition) is 0. The Morgan fingerprint density at radius 1 is 0.921 bits per heavy atom. The summed E-state index contributed by atoms with van der Waals surface area (Å²) in [5, 5.41) is 0. The molecule has 0 N–H and O–H groups in total. The zero-order chi connectivity index (χ0) is 28.6. The number of sulfonamides is 1. The van der Waals surface area contributed by atoms with E-state index in [4.69, 9.17) is 0 Å². The number of nitrogens with zero attached hydrogens (tertiary/aromatic N) is 2. The minimum atomic E-state index is -5.07. The van der Waals surface area contributed by atoms with E-state index in [0.717, 1.165) is 0 Å². The summed E-state index contributed by atoms with van der Waals surface area (Å²) in [5.74, 6) is -4.16. The first-order valence-corrected chi connectivity index (χ1v) is 13.9. The molecule has 2 fully saturated rings. The second-order valence-corrected chi connectivity index (χ2v) is 12.0. The number of alkyl halides is 8. The average molecular weight is 579 g/mol. The highest BCUT2D eigenvalue weighted by Gasteiger charge is 2.48. The van der Waals surface area contributed by atoms with Crippen LogP contribution in [0.1, 0.15) is 73.4 Å². The van der Waals surface area contributed by atoms with Gasteiger partial charge in [-0.15, -0.1) is 0 Å². The molecule has 2 aliphatic rings. The third-order valence-corrected chi connectivity index (χ3v) is 9.52. The molecule has 0 spiro atoms. The van der Waals surface area contributed by atoms with E-state index in [1.807, 2.05) is 4.90 Å². The minimum absolute atomic E-state index is 0.0443. The van der Waals surface area contributed by atoms with Crippen molar-refractivity contribution in [3.8, 4) is 0 Å². The van der Waals surface area contributed by atoms with Gasteiger partial charge in [-0.3, -0.25) is 9.69 Å². The summed E-state index contributed by atoms with van der Waals surface area (Å²) in [6.45, 7) is 2.28. The molecule has 216 valence electrons. The molecule has 1 aliphatic heterocycles. The topological polar surface area (TPSA) is 57.7 Å². The van der Waals surface area contributed by atoms with Gasteiger partial charge in [-0.2, -0.15) is 30.6 Å². The second-order valence-electron chi connectivity index (χ2n) is 9.96. The maximum Gasteiger partial charge on any atom is 0.417 e. The zero-order valence-electron chi connectivity index (χ0n) is 20.8. The number of halogens is 8. The normalized spacial score (nSPS) is 21.4. The molecule has 0 unspecified atom stereocenters. The maximum atomic E-state index is 14.0. The summed E-state index contributed by atoms with van der Waals surface area (Å²) in [5.41, 5.74) is -5.02. The maximum absolute atomic E-state index is 14.0. The van der Waals surface area contributed by atoms with Crippen molar-refractivity contribution in [2.24, 2.45) is 0 Å². The number of carbonyl (C=O) groups is 1. The Hall–Kier alpha value is -1.80. The van der Waals surface area contributed by atoms with Gasteiger partial charge in [-0.25, -0.2) is 17.2 Å². The van der Waals surface area contributed by atoms with Crippen molar-refractivity contribution in [3.05, 3.63) is 34.9 Å². The Kier molecular flexibility index (Phi) is 8.89. The van der Waals surface area contributed by atoms with E-state index < -0.39 is 75.6 Å². The highest BCUT2D eigenvalue weighted by atomic mass is 32.2. The van der Waals surface area contributed by atoms with Crippen LogP contribution in [0.3, 0.4) is 0 Å². The van der Waals surface area contributed by atoms with Gasteiger partial charge in [0, 0.05) is 56.5 Å². The molecule has 3 rings (SSSR count). The number of rotatable bonds is 8. The Labute approximate surface area is 216 Å². The van der Waals surface area contributed by atoms with Crippen LogP contribution in [-0.2, 0) is 22.4 Å². The smallest absolute Gasteiger partial charge is 0.295 e. The molecule has 1 saturated heterocycles. The average Bonchev–Trinajstić information content (AvgIpc) is 2.82. The Balaban J connectivity index is 1.84. The molecular formula is C24H30F8N2O3S. The van der Waals surface area contributed by atoms with Gasteiger partial charge < -0.3 is 0 Å². The lowest BCUT2D eigenvalue weighted by Crippen LogP contribution is -2.60. The lowest BCUT2D eigenvalue weighted by molar-refractivity contribution is -0.141. The summed E-state index contributed by atoms with van der Waals surface area (Å²) < 4.78 is 134. The fourth-order valence-corrected chi connectivity index (χ4v) is 6.81. The first kappa shape index (κ1) is 30.7. The van der Waals surface area contributed by atoms with Crippen LogP contribution < -0.4 is 0 Å². The molecule has 38 heavy (non-hydrogen) atoms. The Bertz CT molecular complexity index is 1100.